The van der Waals surface area contributed by atoms with Crippen molar-refractivity contribution < 1.29 is 24.2 Å². The summed E-state index contributed by atoms with van der Waals surface area (Å²) in [5, 5.41) is 16.4. The highest BCUT2D eigenvalue weighted by atomic mass is 35.5. The fourth-order valence-corrected chi connectivity index (χ4v) is 8.68. The minimum absolute atomic E-state index is 0.0707. The number of benzene rings is 2. The van der Waals surface area contributed by atoms with Crippen molar-refractivity contribution in [2.24, 2.45) is 11.8 Å². The smallest absolute Gasteiger partial charge is 0.248 e. The van der Waals surface area contributed by atoms with Crippen LogP contribution in [0.1, 0.15) is 33.1 Å². The molecule has 2 aromatic carbocycles. The van der Waals surface area contributed by atoms with Gasteiger partial charge in [0.2, 0.25) is 17.7 Å². The van der Waals surface area contributed by atoms with Gasteiger partial charge in [0.1, 0.15) is 11.8 Å². The van der Waals surface area contributed by atoms with Crippen molar-refractivity contribution >= 4 is 52.5 Å². The van der Waals surface area contributed by atoms with Gasteiger partial charge in [-0.1, -0.05) is 30.7 Å². The van der Waals surface area contributed by atoms with Crippen molar-refractivity contribution in [1.82, 2.24) is 4.90 Å². The number of para-hydroxylation sites is 1. The first-order chi connectivity index (χ1) is 18.3. The molecule has 0 aliphatic carbocycles. The van der Waals surface area contributed by atoms with E-state index < -0.39 is 28.7 Å². The number of carbonyl (C=O) groups is 3. The Morgan fingerprint density at radius 1 is 1.16 bits per heavy atom. The summed E-state index contributed by atoms with van der Waals surface area (Å²) in [7, 11) is 0. The second kappa shape index (κ2) is 10.8. The van der Waals surface area contributed by atoms with Crippen LogP contribution in [0.25, 0.3) is 0 Å². The van der Waals surface area contributed by atoms with E-state index >= 15 is 0 Å². The number of halogens is 1. The number of nitrogens with one attached hydrogen (secondary N) is 2. The lowest BCUT2D eigenvalue weighted by Crippen LogP contribution is -2.54. The highest BCUT2D eigenvalue weighted by molar-refractivity contribution is 8.02. The summed E-state index contributed by atoms with van der Waals surface area (Å²) in [6.07, 6.45) is 1.86. The quantitative estimate of drug-likeness (QED) is 0.427. The summed E-state index contributed by atoms with van der Waals surface area (Å²) < 4.78 is 4.73. The summed E-state index contributed by atoms with van der Waals surface area (Å²) in [5.74, 6) is -1.34. The van der Waals surface area contributed by atoms with Crippen molar-refractivity contribution in [3.63, 3.8) is 0 Å². The molecule has 202 valence electrons. The maximum Gasteiger partial charge on any atom is 0.248 e. The maximum atomic E-state index is 14.0. The third kappa shape index (κ3) is 4.44. The van der Waals surface area contributed by atoms with E-state index in [2.05, 4.69) is 10.6 Å². The summed E-state index contributed by atoms with van der Waals surface area (Å²) in [4.78, 5) is 43.1. The Morgan fingerprint density at radius 2 is 1.89 bits per heavy atom. The van der Waals surface area contributed by atoms with Gasteiger partial charge in [-0.3, -0.25) is 14.4 Å². The zero-order chi connectivity index (χ0) is 27.0. The highest BCUT2D eigenvalue weighted by Gasteiger charge is 2.74. The number of amides is 3. The molecule has 1 spiro atoms. The molecule has 0 saturated carbocycles. The first-order valence-corrected chi connectivity index (χ1v) is 14.3. The normalized spacial score (nSPS) is 28.2. The van der Waals surface area contributed by atoms with Gasteiger partial charge in [-0.2, -0.15) is 0 Å². The lowest BCUT2D eigenvalue weighted by molar-refractivity contribution is -0.141. The van der Waals surface area contributed by atoms with Crippen LogP contribution in [0, 0.1) is 11.8 Å². The molecule has 3 aliphatic rings. The second-order valence-electron chi connectivity index (χ2n) is 9.96. The highest BCUT2D eigenvalue weighted by Crippen LogP contribution is 2.66. The van der Waals surface area contributed by atoms with Crippen LogP contribution in [-0.2, 0) is 14.4 Å². The van der Waals surface area contributed by atoms with E-state index in [1.54, 1.807) is 65.2 Å². The van der Waals surface area contributed by atoms with Gasteiger partial charge in [0.25, 0.3) is 0 Å². The van der Waals surface area contributed by atoms with Crippen LogP contribution in [-0.4, -0.2) is 63.0 Å². The standard InChI is InChI=1S/C28H32ClN3O5S/c1-3-17(15-33)32-24(26(35)31-20-8-6-5-7-19(20)29)28-14-13-21(38-28)22(23(28)27(32)36)25(34)30-16-9-11-18(12-10-16)37-4-2/h5-12,17,21-24,33H,3-4,13-15H2,1-2H3,(H,30,34)(H,31,35)/t17-,21-,22+,23-,24?,28?/m0/s1. The van der Waals surface area contributed by atoms with Crippen molar-refractivity contribution in [2.75, 3.05) is 23.8 Å². The van der Waals surface area contributed by atoms with Gasteiger partial charge in [0.05, 0.1) is 46.5 Å². The zero-order valence-corrected chi connectivity index (χ0v) is 22.9. The van der Waals surface area contributed by atoms with Crippen molar-refractivity contribution in [2.45, 2.75) is 55.2 Å². The minimum atomic E-state index is -0.827. The van der Waals surface area contributed by atoms with Gasteiger partial charge in [0.15, 0.2) is 0 Å². The van der Waals surface area contributed by atoms with Crippen LogP contribution in [0.3, 0.4) is 0 Å². The molecule has 3 amide bonds. The van der Waals surface area contributed by atoms with Gasteiger partial charge < -0.3 is 25.4 Å². The summed E-state index contributed by atoms with van der Waals surface area (Å²) in [5.41, 5.74) is 1.09. The van der Waals surface area contributed by atoms with E-state index in [-0.39, 0.29) is 29.6 Å². The molecule has 3 heterocycles. The van der Waals surface area contributed by atoms with E-state index in [1.807, 2.05) is 13.8 Å². The molecule has 2 unspecified atom stereocenters. The predicted molar refractivity (Wildman–Crippen MR) is 148 cm³/mol. The molecular weight excluding hydrogens is 526 g/mol. The van der Waals surface area contributed by atoms with Crippen LogP contribution in [0.4, 0.5) is 11.4 Å². The number of ether oxygens (including phenoxy) is 1. The Labute approximate surface area is 231 Å². The first kappa shape index (κ1) is 26.8. The number of anilines is 2. The minimum Gasteiger partial charge on any atom is -0.494 e. The Kier molecular flexibility index (Phi) is 7.62. The lowest BCUT2D eigenvalue weighted by Gasteiger charge is -2.36. The largest absolute Gasteiger partial charge is 0.494 e. The summed E-state index contributed by atoms with van der Waals surface area (Å²) in [6.45, 7) is 4.07. The monoisotopic (exact) mass is 557 g/mol. The molecule has 3 N–H and O–H groups in total. The van der Waals surface area contributed by atoms with Gasteiger partial charge in [-0.05, 0) is 62.6 Å². The van der Waals surface area contributed by atoms with Crippen LogP contribution in [0.2, 0.25) is 5.02 Å². The zero-order valence-electron chi connectivity index (χ0n) is 21.4. The van der Waals surface area contributed by atoms with E-state index in [0.29, 0.717) is 41.6 Å². The molecule has 2 bridgehead atoms. The van der Waals surface area contributed by atoms with E-state index in [9.17, 15) is 19.5 Å². The Morgan fingerprint density at radius 3 is 2.55 bits per heavy atom. The molecule has 6 atom stereocenters. The summed E-state index contributed by atoms with van der Waals surface area (Å²) >= 11 is 7.90. The Bertz CT molecular complexity index is 1220. The molecule has 5 rings (SSSR count). The summed E-state index contributed by atoms with van der Waals surface area (Å²) in [6, 6.07) is 12.7. The number of fused-ring (bicyclic) bond motifs is 1. The van der Waals surface area contributed by atoms with Gasteiger partial charge in [0, 0.05) is 10.9 Å². The second-order valence-corrected chi connectivity index (χ2v) is 12.0. The molecule has 0 aromatic heterocycles. The molecule has 2 aromatic rings. The van der Waals surface area contributed by atoms with Crippen molar-refractivity contribution in [3.05, 3.63) is 53.6 Å². The molecule has 3 saturated heterocycles. The van der Waals surface area contributed by atoms with Crippen molar-refractivity contribution in [3.8, 4) is 5.75 Å². The van der Waals surface area contributed by atoms with Crippen molar-refractivity contribution in [1.29, 1.82) is 0 Å². The predicted octanol–water partition coefficient (Wildman–Crippen LogP) is 4.18. The van der Waals surface area contributed by atoms with E-state index in [0.717, 1.165) is 6.42 Å². The molecule has 3 aliphatic heterocycles. The number of hydrogen-bond donors (Lipinski definition) is 3. The van der Waals surface area contributed by atoms with Gasteiger partial charge in [-0.25, -0.2) is 0 Å². The third-order valence-corrected chi connectivity index (χ3v) is 10.2. The molecule has 3 fully saturated rings. The number of rotatable bonds is 9. The number of aliphatic hydroxyl groups excluding tert-OH is 1. The molecule has 8 nitrogen and oxygen atoms in total. The topological polar surface area (TPSA) is 108 Å². The van der Waals surface area contributed by atoms with E-state index in [4.69, 9.17) is 16.3 Å². The Balaban J connectivity index is 1.45. The molecule has 10 heteroatoms. The van der Waals surface area contributed by atoms with E-state index in [1.165, 1.54) is 0 Å². The Hall–Kier alpha value is -2.75. The average Bonchev–Trinajstić information content (AvgIpc) is 3.55. The van der Waals surface area contributed by atoms with Crippen LogP contribution < -0.4 is 15.4 Å². The number of nitrogens with zero attached hydrogens (tertiary/aromatic N) is 1. The lowest BCUT2D eigenvalue weighted by atomic mass is 9.70. The molecule has 0 radical (unpaired) electrons. The number of aliphatic hydroxyl groups is 1. The van der Waals surface area contributed by atoms with Gasteiger partial charge >= 0.3 is 0 Å². The number of carbonyl (C=O) groups excluding carboxylic acids is 3. The third-order valence-electron chi connectivity index (χ3n) is 7.93. The number of hydrogen-bond acceptors (Lipinski definition) is 6. The maximum absolute atomic E-state index is 14.0. The fraction of sp³-hybridized carbons (Fsp3) is 0.464. The number of likely N-dealkylation sites (tertiary alicyclic amines) is 1. The number of thioether (sulfide) groups is 1. The first-order valence-electron chi connectivity index (χ1n) is 13.0. The molecule has 38 heavy (non-hydrogen) atoms. The van der Waals surface area contributed by atoms with Crippen LogP contribution in [0.5, 0.6) is 5.75 Å². The fourth-order valence-electron chi connectivity index (χ4n) is 6.29. The van der Waals surface area contributed by atoms with Crippen LogP contribution in [0.15, 0.2) is 48.5 Å². The van der Waals surface area contributed by atoms with Crippen LogP contribution >= 0.6 is 23.4 Å². The van der Waals surface area contributed by atoms with Gasteiger partial charge in [-0.15, -0.1) is 11.8 Å². The average molecular weight is 558 g/mol. The molecular formula is C28H32ClN3O5S. The SMILES string of the molecule is CCOc1ccc(NC(=O)[C@@H]2[C@@H]3CCC4(S3)C(C(=O)Nc3ccccc3Cl)N([C@@H](CC)CO)C(=O)[C@H]24)cc1.